The van der Waals surface area contributed by atoms with Gasteiger partial charge in [0.25, 0.3) is 0 Å². The van der Waals surface area contributed by atoms with E-state index >= 15 is 0 Å². The maximum atomic E-state index is 10.5. The van der Waals surface area contributed by atoms with Gasteiger partial charge in [0.05, 0.1) is 17.5 Å². The summed E-state index contributed by atoms with van der Waals surface area (Å²) in [6.07, 6.45) is 9.57. The van der Waals surface area contributed by atoms with E-state index in [2.05, 4.69) is 34.9 Å². The van der Waals surface area contributed by atoms with Crippen molar-refractivity contribution in [3.8, 4) is 0 Å². The zero-order valence-corrected chi connectivity index (χ0v) is 18.7. The topological polar surface area (TPSA) is 108 Å². The van der Waals surface area contributed by atoms with E-state index in [0.717, 1.165) is 30.7 Å². The third-order valence-electron chi connectivity index (χ3n) is 5.45. The Balaban J connectivity index is 1.58. The van der Waals surface area contributed by atoms with E-state index in [4.69, 9.17) is 11.6 Å². The Morgan fingerprint density at radius 3 is 2.75 bits per heavy atom. The van der Waals surface area contributed by atoms with Crippen LogP contribution in [0.1, 0.15) is 17.7 Å². The highest BCUT2D eigenvalue weighted by molar-refractivity contribution is 5.65. The van der Waals surface area contributed by atoms with Crippen molar-refractivity contribution in [3.63, 3.8) is 0 Å². The number of aliphatic hydroxyl groups excluding tert-OH is 1. The van der Waals surface area contributed by atoms with Gasteiger partial charge in [0.15, 0.2) is 0 Å². The first-order valence-electron chi connectivity index (χ1n) is 10.5. The number of fused-ring (bicyclic) bond motifs is 1. The average Bonchev–Trinajstić information content (AvgIpc) is 3.20. The van der Waals surface area contributed by atoms with Gasteiger partial charge in [0, 0.05) is 57.4 Å². The van der Waals surface area contributed by atoms with Crippen LogP contribution in [0.25, 0.3) is 17.0 Å². The maximum Gasteiger partial charge on any atom is 0.137 e. The lowest BCUT2D eigenvalue weighted by atomic mass is 10.00. The number of pyridine rings is 1. The second-order valence-corrected chi connectivity index (χ2v) is 8.02. The molecule has 0 saturated carbocycles. The van der Waals surface area contributed by atoms with Crippen LogP contribution in [0.15, 0.2) is 73.8 Å². The Kier molecular flexibility index (Phi) is 7.53. The van der Waals surface area contributed by atoms with Crippen LogP contribution in [0.3, 0.4) is 0 Å². The van der Waals surface area contributed by atoms with Crippen LogP contribution in [-0.2, 0) is 0 Å². The van der Waals surface area contributed by atoms with Crippen molar-refractivity contribution in [1.82, 2.24) is 24.6 Å². The third-order valence-corrected chi connectivity index (χ3v) is 5.45. The summed E-state index contributed by atoms with van der Waals surface area (Å²) in [4.78, 5) is 6.82. The van der Waals surface area contributed by atoms with Crippen LogP contribution in [-0.4, -0.2) is 63.7 Å². The highest BCUT2D eigenvalue weighted by atomic mass is 16.3. The van der Waals surface area contributed by atoms with Crippen LogP contribution in [0, 0.1) is 0 Å². The fourth-order valence-electron chi connectivity index (χ4n) is 3.74. The predicted octanol–water partition coefficient (Wildman–Crippen LogP) is 1.69. The van der Waals surface area contributed by atoms with Crippen molar-refractivity contribution >= 4 is 17.0 Å². The van der Waals surface area contributed by atoms with Gasteiger partial charge >= 0.3 is 0 Å². The van der Waals surface area contributed by atoms with Crippen molar-refractivity contribution in [2.24, 2.45) is 11.6 Å². The van der Waals surface area contributed by atoms with Crippen LogP contribution in [0.4, 0.5) is 0 Å². The molecule has 6 N–H and O–H groups in total. The Morgan fingerprint density at radius 1 is 1.31 bits per heavy atom. The maximum absolute atomic E-state index is 10.5. The fourth-order valence-corrected chi connectivity index (χ4v) is 3.74. The number of allylic oxidation sites excluding steroid dienone is 1. The molecule has 8 heteroatoms. The highest BCUT2D eigenvalue weighted by Gasteiger charge is 2.18. The molecule has 170 valence electrons. The molecule has 1 aliphatic rings. The van der Waals surface area contributed by atoms with Crippen LogP contribution in [0.2, 0.25) is 0 Å². The molecule has 0 aliphatic carbocycles. The summed E-state index contributed by atoms with van der Waals surface area (Å²) in [6, 6.07) is 3.78. The highest BCUT2D eigenvalue weighted by Crippen LogP contribution is 2.20. The fraction of sp³-hybridized carbons (Fsp3) is 0.292. The zero-order valence-electron chi connectivity index (χ0n) is 18.7. The number of imidazole rings is 1. The lowest BCUT2D eigenvalue weighted by molar-refractivity contribution is 0.118. The average molecular weight is 436 g/mol. The summed E-state index contributed by atoms with van der Waals surface area (Å²) in [5, 5.41) is 15.1. The zero-order chi connectivity index (χ0) is 23.3. The monoisotopic (exact) mass is 435 g/mol. The molecule has 2 aromatic rings. The van der Waals surface area contributed by atoms with Gasteiger partial charge in [-0.15, -0.1) is 0 Å². The molecule has 32 heavy (non-hydrogen) atoms. The molecule has 0 spiro atoms. The molecule has 0 saturated heterocycles. The predicted molar refractivity (Wildman–Crippen MR) is 131 cm³/mol. The number of β-amino-alcohol motifs (C(OH)–C–C–N with tert-alkyl or cyclic N) is 1. The number of rotatable bonds is 10. The smallest absolute Gasteiger partial charge is 0.137 e. The molecule has 1 atom stereocenters. The van der Waals surface area contributed by atoms with E-state index in [1.807, 2.05) is 41.1 Å². The molecule has 0 radical (unpaired) electrons. The van der Waals surface area contributed by atoms with Gasteiger partial charge in [-0.25, -0.2) is 10.8 Å². The van der Waals surface area contributed by atoms with Gasteiger partial charge in [-0.05, 0) is 29.7 Å². The van der Waals surface area contributed by atoms with Gasteiger partial charge in [-0.3, -0.25) is 4.90 Å². The number of hydrogen-bond acceptors (Lipinski definition) is 7. The van der Waals surface area contributed by atoms with Crippen LogP contribution in [0.5, 0.6) is 0 Å². The number of hydrazine groups is 1. The number of aliphatic hydroxyl groups is 1. The minimum Gasteiger partial charge on any atom is -0.397 e. The second kappa shape index (κ2) is 10.3. The molecule has 0 aromatic carbocycles. The molecule has 3 heterocycles. The quantitative estimate of drug-likeness (QED) is 0.332. The molecule has 3 rings (SSSR count). The van der Waals surface area contributed by atoms with E-state index < -0.39 is 6.10 Å². The molecule has 0 fully saturated rings. The van der Waals surface area contributed by atoms with E-state index in [1.165, 1.54) is 16.2 Å². The SMILES string of the molecule is C=CC1=C(C=C)CN(CC(O)CNC(=C)c2cn3cc(/C(N)=C/N(C)N)ccc3n2)CC1. The Hall–Kier alpha value is -3.33. The normalized spacial score (nSPS) is 16.2. The van der Waals surface area contributed by atoms with Gasteiger partial charge in [0.2, 0.25) is 0 Å². The lowest BCUT2D eigenvalue weighted by Gasteiger charge is -2.30. The summed E-state index contributed by atoms with van der Waals surface area (Å²) in [6.45, 7) is 14.5. The lowest BCUT2D eigenvalue weighted by Crippen LogP contribution is -2.40. The van der Waals surface area contributed by atoms with E-state index in [1.54, 1.807) is 13.2 Å². The number of nitrogens with zero attached hydrogens (tertiary/aromatic N) is 4. The Morgan fingerprint density at radius 2 is 2.06 bits per heavy atom. The van der Waals surface area contributed by atoms with E-state index in [-0.39, 0.29) is 0 Å². The summed E-state index contributed by atoms with van der Waals surface area (Å²) in [5.41, 5.74) is 12.0. The molecular weight excluding hydrogens is 402 g/mol. The van der Waals surface area contributed by atoms with Gasteiger partial charge < -0.3 is 25.6 Å². The standard InChI is InChI=1S/C24H33N7O/c1-5-18-9-10-30(12-19(18)6-2)14-21(32)11-27-17(3)23-16-31-13-20(7-8-24(31)28-23)22(25)15-29(4)26/h5-8,13,15-16,21,27,32H,1-3,9-12,14,25-26H2,4H3/b22-15-. The summed E-state index contributed by atoms with van der Waals surface area (Å²) < 4.78 is 1.89. The largest absolute Gasteiger partial charge is 0.397 e. The summed E-state index contributed by atoms with van der Waals surface area (Å²) >= 11 is 0. The van der Waals surface area contributed by atoms with E-state index in [9.17, 15) is 5.11 Å². The molecular formula is C24H33N7O. The van der Waals surface area contributed by atoms with Crippen molar-refractivity contribution in [1.29, 1.82) is 0 Å². The first-order chi connectivity index (χ1) is 15.3. The molecule has 0 amide bonds. The van der Waals surface area contributed by atoms with E-state index in [0.29, 0.717) is 30.2 Å². The molecule has 2 aromatic heterocycles. The van der Waals surface area contributed by atoms with Gasteiger partial charge in [-0.2, -0.15) is 0 Å². The Bertz CT molecular complexity index is 1060. The van der Waals surface area contributed by atoms with Gasteiger partial charge in [0.1, 0.15) is 11.3 Å². The number of nitrogens with one attached hydrogen (secondary N) is 1. The number of nitrogens with two attached hydrogens (primary N) is 2. The number of aromatic nitrogens is 2. The van der Waals surface area contributed by atoms with Crippen molar-refractivity contribution in [3.05, 3.63) is 85.0 Å². The van der Waals surface area contributed by atoms with Gasteiger partial charge in [-0.1, -0.05) is 31.9 Å². The summed E-state index contributed by atoms with van der Waals surface area (Å²) in [7, 11) is 1.71. The Labute approximate surface area is 189 Å². The minimum atomic E-state index is -0.537. The van der Waals surface area contributed by atoms with Crippen molar-refractivity contribution in [2.45, 2.75) is 12.5 Å². The first-order valence-corrected chi connectivity index (χ1v) is 10.5. The van der Waals surface area contributed by atoms with Crippen molar-refractivity contribution < 1.29 is 5.11 Å². The molecule has 1 unspecified atom stereocenters. The molecule has 8 nitrogen and oxygen atoms in total. The molecule has 1 aliphatic heterocycles. The molecule has 0 bridgehead atoms. The minimum absolute atomic E-state index is 0.383. The number of hydrogen-bond donors (Lipinski definition) is 4. The first kappa shape index (κ1) is 23.3. The van der Waals surface area contributed by atoms with Crippen LogP contribution >= 0.6 is 0 Å². The van der Waals surface area contributed by atoms with Crippen molar-refractivity contribution in [2.75, 3.05) is 33.2 Å². The second-order valence-electron chi connectivity index (χ2n) is 8.02. The third kappa shape index (κ3) is 5.67. The van der Waals surface area contributed by atoms with Crippen LogP contribution < -0.4 is 16.9 Å². The summed E-state index contributed by atoms with van der Waals surface area (Å²) in [5.74, 6) is 5.63.